The molecule has 1 spiro atoms. The summed E-state index contributed by atoms with van der Waals surface area (Å²) >= 11 is 0. The van der Waals surface area contributed by atoms with Gasteiger partial charge in [0.05, 0.1) is 0 Å². The number of hydrogen-bond donors (Lipinski definition) is 0. The highest BCUT2D eigenvalue weighted by Gasteiger charge is 2.25. The van der Waals surface area contributed by atoms with Crippen molar-refractivity contribution in [2.24, 2.45) is 5.41 Å². The third kappa shape index (κ3) is 2.24. The monoisotopic (exact) mass is 176 g/mol. The minimum Gasteiger partial charge on any atom is -0.0745 e. The van der Waals surface area contributed by atoms with Crippen LogP contribution in [0.15, 0.2) is 24.3 Å². The molecular weight excluding hydrogens is 156 g/mol. The summed E-state index contributed by atoms with van der Waals surface area (Å²) in [4.78, 5) is 0. The third-order valence-corrected chi connectivity index (χ3v) is 3.50. The van der Waals surface area contributed by atoms with E-state index >= 15 is 0 Å². The van der Waals surface area contributed by atoms with E-state index in [1.54, 1.807) is 0 Å². The summed E-state index contributed by atoms with van der Waals surface area (Å²) in [7, 11) is 0. The SMILES string of the molecule is C1=CC2(C=C1)CCCCCCCC2. The first-order valence-corrected chi connectivity index (χ1v) is 5.78. The Morgan fingerprint density at radius 3 is 1.62 bits per heavy atom. The molecule has 0 atom stereocenters. The molecule has 0 N–H and O–H groups in total. The number of rotatable bonds is 0. The van der Waals surface area contributed by atoms with Gasteiger partial charge in [0.15, 0.2) is 0 Å². The van der Waals surface area contributed by atoms with Gasteiger partial charge in [-0.15, -0.1) is 0 Å². The molecule has 0 heterocycles. The standard InChI is InChI=1S/C13H20/c1-2-4-6-10-13(9-5-3-1)11-7-8-12-13/h7-8,11-12H,1-6,9-10H2. The molecule has 0 unspecified atom stereocenters. The van der Waals surface area contributed by atoms with Crippen LogP contribution in [0, 0.1) is 5.41 Å². The average Bonchev–Trinajstić information content (AvgIpc) is 2.62. The summed E-state index contributed by atoms with van der Waals surface area (Å²) in [6.45, 7) is 0. The second kappa shape index (κ2) is 4.13. The van der Waals surface area contributed by atoms with E-state index in [1.807, 2.05) is 0 Å². The van der Waals surface area contributed by atoms with Crippen LogP contribution in [-0.4, -0.2) is 0 Å². The smallest absolute Gasteiger partial charge is 0.00671 e. The van der Waals surface area contributed by atoms with Crippen LogP contribution >= 0.6 is 0 Å². The van der Waals surface area contributed by atoms with E-state index in [2.05, 4.69) is 24.3 Å². The second-order valence-electron chi connectivity index (χ2n) is 4.57. The molecular formula is C13H20. The van der Waals surface area contributed by atoms with Gasteiger partial charge in [0.2, 0.25) is 0 Å². The van der Waals surface area contributed by atoms with Crippen LogP contribution in [0.3, 0.4) is 0 Å². The Kier molecular flexibility index (Phi) is 2.87. The zero-order valence-corrected chi connectivity index (χ0v) is 8.47. The van der Waals surface area contributed by atoms with Crippen molar-refractivity contribution in [3.05, 3.63) is 24.3 Å². The van der Waals surface area contributed by atoms with Crippen LogP contribution in [0.5, 0.6) is 0 Å². The molecule has 0 aromatic rings. The molecule has 0 heteroatoms. The topological polar surface area (TPSA) is 0 Å². The highest BCUT2D eigenvalue weighted by Crippen LogP contribution is 2.38. The number of hydrogen-bond acceptors (Lipinski definition) is 0. The normalized spacial score (nSPS) is 27.1. The van der Waals surface area contributed by atoms with Crippen LogP contribution in [0.4, 0.5) is 0 Å². The van der Waals surface area contributed by atoms with E-state index in [0.717, 1.165) is 0 Å². The maximum atomic E-state index is 2.43. The quantitative estimate of drug-likeness (QED) is 0.518. The van der Waals surface area contributed by atoms with E-state index in [0.29, 0.717) is 5.41 Å². The first kappa shape index (κ1) is 9.05. The minimum absolute atomic E-state index is 0.477. The molecule has 1 fully saturated rings. The van der Waals surface area contributed by atoms with Crippen LogP contribution in [0.1, 0.15) is 51.4 Å². The first-order valence-electron chi connectivity index (χ1n) is 5.78. The van der Waals surface area contributed by atoms with Crippen molar-refractivity contribution in [3.63, 3.8) is 0 Å². The highest BCUT2D eigenvalue weighted by atomic mass is 14.3. The van der Waals surface area contributed by atoms with Gasteiger partial charge in [0, 0.05) is 5.41 Å². The van der Waals surface area contributed by atoms with E-state index < -0.39 is 0 Å². The second-order valence-corrected chi connectivity index (χ2v) is 4.57. The Bertz CT molecular complexity index is 186. The van der Waals surface area contributed by atoms with Crippen molar-refractivity contribution in [3.8, 4) is 0 Å². The fourth-order valence-electron chi connectivity index (χ4n) is 2.62. The van der Waals surface area contributed by atoms with Gasteiger partial charge in [-0.2, -0.15) is 0 Å². The zero-order chi connectivity index (χ0) is 8.99. The van der Waals surface area contributed by atoms with Crippen LogP contribution < -0.4 is 0 Å². The molecule has 0 bridgehead atoms. The lowest BCUT2D eigenvalue weighted by molar-refractivity contribution is 0.397. The molecule has 0 radical (unpaired) electrons. The molecule has 2 aliphatic carbocycles. The predicted octanol–water partition coefficient (Wildman–Crippen LogP) is 4.23. The molecule has 0 aliphatic heterocycles. The van der Waals surface area contributed by atoms with Crippen molar-refractivity contribution in [1.82, 2.24) is 0 Å². The molecule has 72 valence electrons. The highest BCUT2D eigenvalue weighted by molar-refractivity contribution is 5.24. The lowest BCUT2D eigenvalue weighted by Crippen LogP contribution is -2.12. The summed E-state index contributed by atoms with van der Waals surface area (Å²) < 4.78 is 0. The van der Waals surface area contributed by atoms with Gasteiger partial charge in [0.1, 0.15) is 0 Å². The van der Waals surface area contributed by atoms with E-state index in [4.69, 9.17) is 0 Å². The molecule has 0 amide bonds. The van der Waals surface area contributed by atoms with E-state index in [-0.39, 0.29) is 0 Å². The lowest BCUT2D eigenvalue weighted by Gasteiger charge is -2.24. The Morgan fingerprint density at radius 1 is 0.615 bits per heavy atom. The molecule has 0 aromatic carbocycles. The molecule has 2 aliphatic rings. The fourth-order valence-corrected chi connectivity index (χ4v) is 2.62. The summed E-state index contributed by atoms with van der Waals surface area (Å²) in [5.41, 5.74) is 0.477. The largest absolute Gasteiger partial charge is 0.0745 e. The van der Waals surface area contributed by atoms with Crippen LogP contribution in [-0.2, 0) is 0 Å². The molecule has 2 rings (SSSR count). The summed E-state index contributed by atoms with van der Waals surface area (Å²) in [6.07, 6.45) is 20.8. The first-order chi connectivity index (χ1) is 6.41. The van der Waals surface area contributed by atoms with Crippen molar-refractivity contribution in [2.45, 2.75) is 51.4 Å². The van der Waals surface area contributed by atoms with Crippen LogP contribution in [0.2, 0.25) is 0 Å². The van der Waals surface area contributed by atoms with Crippen LogP contribution in [0.25, 0.3) is 0 Å². The van der Waals surface area contributed by atoms with Gasteiger partial charge in [-0.3, -0.25) is 0 Å². The van der Waals surface area contributed by atoms with Gasteiger partial charge < -0.3 is 0 Å². The molecule has 0 aromatic heterocycles. The third-order valence-electron chi connectivity index (χ3n) is 3.50. The Hall–Kier alpha value is -0.520. The molecule has 1 saturated carbocycles. The summed E-state index contributed by atoms with van der Waals surface area (Å²) in [5, 5.41) is 0. The molecule has 0 saturated heterocycles. The minimum atomic E-state index is 0.477. The average molecular weight is 176 g/mol. The van der Waals surface area contributed by atoms with Crippen molar-refractivity contribution in [1.29, 1.82) is 0 Å². The number of allylic oxidation sites excluding steroid dienone is 4. The maximum absolute atomic E-state index is 2.43. The summed E-state index contributed by atoms with van der Waals surface area (Å²) in [6, 6.07) is 0. The van der Waals surface area contributed by atoms with Crippen molar-refractivity contribution < 1.29 is 0 Å². The Morgan fingerprint density at radius 2 is 1.08 bits per heavy atom. The summed E-state index contributed by atoms with van der Waals surface area (Å²) in [5.74, 6) is 0. The van der Waals surface area contributed by atoms with Gasteiger partial charge in [0.25, 0.3) is 0 Å². The van der Waals surface area contributed by atoms with Gasteiger partial charge in [-0.25, -0.2) is 0 Å². The zero-order valence-electron chi connectivity index (χ0n) is 8.47. The van der Waals surface area contributed by atoms with E-state index in [9.17, 15) is 0 Å². The Balaban J connectivity index is 1.99. The lowest BCUT2D eigenvalue weighted by atomic mass is 9.80. The van der Waals surface area contributed by atoms with Gasteiger partial charge >= 0.3 is 0 Å². The Labute approximate surface area is 81.7 Å². The van der Waals surface area contributed by atoms with Crippen molar-refractivity contribution >= 4 is 0 Å². The van der Waals surface area contributed by atoms with E-state index in [1.165, 1.54) is 51.4 Å². The fraction of sp³-hybridized carbons (Fsp3) is 0.692. The molecule has 0 nitrogen and oxygen atoms in total. The maximum Gasteiger partial charge on any atom is 0.00671 e. The van der Waals surface area contributed by atoms with Gasteiger partial charge in [-0.1, -0.05) is 62.8 Å². The predicted molar refractivity (Wildman–Crippen MR) is 57.6 cm³/mol. The molecule has 13 heavy (non-hydrogen) atoms. The van der Waals surface area contributed by atoms with Gasteiger partial charge in [-0.05, 0) is 12.8 Å². The van der Waals surface area contributed by atoms with Crippen molar-refractivity contribution in [2.75, 3.05) is 0 Å².